The molecule has 1 spiro atoms. The Morgan fingerprint density at radius 1 is 1.26 bits per heavy atom. The third-order valence-electron chi connectivity index (χ3n) is 5.84. The van der Waals surface area contributed by atoms with Crippen molar-refractivity contribution in [1.82, 2.24) is 24.8 Å². The molecule has 2 aliphatic rings. The Morgan fingerprint density at radius 2 is 2.07 bits per heavy atom. The van der Waals surface area contributed by atoms with Crippen molar-refractivity contribution in [1.29, 1.82) is 0 Å². The van der Waals surface area contributed by atoms with Crippen LogP contribution in [0.4, 0.5) is 10.1 Å². The number of aromatic nitrogens is 5. The van der Waals surface area contributed by atoms with Gasteiger partial charge < -0.3 is 4.90 Å². The van der Waals surface area contributed by atoms with Gasteiger partial charge in [0.15, 0.2) is 11.5 Å². The summed E-state index contributed by atoms with van der Waals surface area (Å²) in [5, 5.41) is 12.5. The van der Waals surface area contributed by atoms with Gasteiger partial charge >= 0.3 is 0 Å². The lowest BCUT2D eigenvalue weighted by molar-refractivity contribution is 0.0973. The summed E-state index contributed by atoms with van der Waals surface area (Å²) in [6.07, 6.45) is 4.68. The normalized spacial score (nSPS) is 17.2. The Bertz CT molecular complexity index is 1060. The fourth-order valence-electron chi connectivity index (χ4n) is 4.31. The molecule has 0 N–H and O–H groups in total. The maximum atomic E-state index is 14.6. The predicted molar refractivity (Wildman–Crippen MR) is 96.5 cm³/mol. The quantitative estimate of drug-likeness (QED) is 0.699. The number of aryl methyl sites for hydroxylation is 1. The molecule has 0 saturated heterocycles. The average Bonchev–Trinajstić information content (AvgIpc) is 3.29. The van der Waals surface area contributed by atoms with Gasteiger partial charge in [-0.15, -0.1) is 5.10 Å². The van der Waals surface area contributed by atoms with Gasteiger partial charge in [-0.25, -0.2) is 4.39 Å². The lowest BCUT2D eigenvalue weighted by Crippen LogP contribution is -2.42. The Morgan fingerprint density at radius 3 is 2.74 bits per heavy atom. The van der Waals surface area contributed by atoms with Crippen molar-refractivity contribution in [2.45, 2.75) is 31.6 Å². The van der Waals surface area contributed by atoms with Gasteiger partial charge in [-0.1, -0.05) is 17.7 Å². The highest BCUT2D eigenvalue weighted by Crippen LogP contribution is 2.53. The van der Waals surface area contributed by atoms with Gasteiger partial charge in [0, 0.05) is 36.8 Å². The molecule has 1 aromatic carbocycles. The molecular formula is C19H19FN6O. The minimum absolute atomic E-state index is 0.226. The van der Waals surface area contributed by atoms with E-state index in [9.17, 15) is 9.18 Å². The maximum Gasteiger partial charge on any atom is 0.280 e. The molecule has 0 atom stereocenters. The number of hydrogen-bond donors (Lipinski definition) is 0. The number of carbonyl (C=O) groups excluding carboxylic acids is 1. The fraction of sp³-hybridized carbons (Fsp3) is 0.368. The molecule has 1 aliphatic carbocycles. The summed E-state index contributed by atoms with van der Waals surface area (Å²) >= 11 is 0. The first-order valence-electron chi connectivity index (χ1n) is 9.03. The van der Waals surface area contributed by atoms with Gasteiger partial charge in [-0.2, -0.15) is 9.78 Å². The van der Waals surface area contributed by atoms with E-state index in [-0.39, 0.29) is 22.8 Å². The average molecular weight is 366 g/mol. The summed E-state index contributed by atoms with van der Waals surface area (Å²) in [6, 6.07) is 6.76. The molecule has 27 heavy (non-hydrogen) atoms. The van der Waals surface area contributed by atoms with Crippen LogP contribution in [0, 0.1) is 12.7 Å². The van der Waals surface area contributed by atoms with E-state index in [0.717, 1.165) is 19.3 Å². The standard InChI is InChI=1S/C19H19FN6O/c1-12-17(21-23-26(12)15-7-10-24(2)22-15)18(27)25-11-19(8-4-9-19)16-13(20)5-3-6-14(16)25/h3,5-7,10H,4,8-9,11H2,1-2H3. The van der Waals surface area contributed by atoms with E-state index in [2.05, 4.69) is 15.4 Å². The summed E-state index contributed by atoms with van der Waals surface area (Å²) in [5.74, 6) is 0.131. The SMILES string of the molecule is Cc1c(C(=O)N2CC3(CCC3)c3c(F)cccc32)nnn1-c1ccn(C)n1. The second-order valence-electron chi connectivity index (χ2n) is 7.44. The minimum atomic E-state index is -0.249. The van der Waals surface area contributed by atoms with E-state index in [0.29, 0.717) is 29.3 Å². The molecule has 0 unspecified atom stereocenters. The Labute approximate surface area is 155 Å². The van der Waals surface area contributed by atoms with Crippen LogP contribution in [-0.4, -0.2) is 37.2 Å². The van der Waals surface area contributed by atoms with Crippen LogP contribution < -0.4 is 4.90 Å². The van der Waals surface area contributed by atoms with Crippen LogP contribution in [0.25, 0.3) is 5.82 Å². The van der Waals surface area contributed by atoms with Crippen molar-refractivity contribution < 1.29 is 9.18 Å². The second-order valence-corrected chi connectivity index (χ2v) is 7.44. The summed E-state index contributed by atoms with van der Waals surface area (Å²) in [6.45, 7) is 2.29. The molecule has 1 amide bonds. The zero-order chi connectivity index (χ0) is 18.8. The van der Waals surface area contributed by atoms with E-state index >= 15 is 0 Å². The van der Waals surface area contributed by atoms with Crippen molar-refractivity contribution in [3.8, 4) is 5.82 Å². The number of nitrogens with zero attached hydrogens (tertiary/aromatic N) is 6. The zero-order valence-electron chi connectivity index (χ0n) is 15.2. The molecule has 0 bridgehead atoms. The molecule has 7 nitrogen and oxygen atoms in total. The van der Waals surface area contributed by atoms with Crippen LogP contribution in [0.3, 0.4) is 0 Å². The molecule has 8 heteroatoms. The number of fused-ring (bicyclic) bond motifs is 2. The number of carbonyl (C=O) groups is 1. The molecule has 5 rings (SSSR count). The van der Waals surface area contributed by atoms with Gasteiger partial charge in [-0.05, 0) is 31.9 Å². The highest BCUT2D eigenvalue weighted by Gasteiger charge is 2.50. The Hall–Kier alpha value is -3.03. The highest BCUT2D eigenvalue weighted by atomic mass is 19.1. The molecule has 1 aliphatic heterocycles. The van der Waals surface area contributed by atoms with E-state index in [1.807, 2.05) is 13.1 Å². The number of benzene rings is 1. The van der Waals surface area contributed by atoms with Gasteiger partial charge in [0.25, 0.3) is 5.91 Å². The lowest BCUT2D eigenvalue weighted by atomic mass is 9.65. The monoisotopic (exact) mass is 366 g/mol. The number of anilines is 1. The van der Waals surface area contributed by atoms with Crippen LogP contribution in [0.5, 0.6) is 0 Å². The Kier molecular flexibility index (Phi) is 3.28. The van der Waals surface area contributed by atoms with Crippen LogP contribution in [-0.2, 0) is 12.5 Å². The first-order valence-corrected chi connectivity index (χ1v) is 9.03. The lowest BCUT2D eigenvalue weighted by Gasteiger charge is -2.38. The summed E-state index contributed by atoms with van der Waals surface area (Å²) in [4.78, 5) is 14.9. The van der Waals surface area contributed by atoms with Crippen molar-refractivity contribution in [2.24, 2.45) is 7.05 Å². The van der Waals surface area contributed by atoms with E-state index < -0.39 is 0 Å². The topological polar surface area (TPSA) is 68.8 Å². The molecule has 0 radical (unpaired) electrons. The van der Waals surface area contributed by atoms with Crippen LogP contribution >= 0.6 is 0 Å². The number of halogens is 1. The van der Waals surface area contributed by atoms with Crippen molar-refractivity contribution >= 4 is 11.6 Å². The first kappa shape index (κ1) is 16.2. The third kappa shape index (κ3) is 2.19. The van der Waals surface area contributed by atoms with Gasteiger partial charge in [-0.3, -0.25) is 9.48 Å². The number of rotatable bonds is 2. The summed E-state index contributed by atoms with van der Waals surface area (Å²) in [5.41, 5.74) is 1.98. The smallest absolute Gasteiger partial charge is 0.280 e. The molecule has 1 fully saturated rings. The molecule has 1 saturated carbocycles. The summed E-state index contributed by atoms with van der Waals surface area (Å²) in [7, 11) is 1.82. The van der Waals surface area contributed by atoms with Crippen molar-refractivity contribution in [3.63, 3.8) is 0 Å². The largest absolute Gasteiger partial charge is 0.306 e. The van der Waals surface area contributed by atoms with E-state index in [4.69, 9.17) is 0 Å². The van der Waals surface area contributed by atoms with Crippen LogP contribution in [0.15, 0.2) is 30.5 Å². The van der Waals surface area contributed by atoms with Crippen LogP contribution in [0.2, 0.25) is 0 Å². The van der Waals surface area contributed by atoms with E-state index in [1.54, 1.807) is 39.5 Å². The highest BCUT2D eigenvalue weighted by molar-refractivity contribution is 6.07. The number of hydrogen-bond acceptors (Lipinski definition) is 4. The third-order valence-corrected chi connectivity index (χ3v) is 5.84. The predicted octanol–water partition coefficient (Wildman–Crippen LogP) is 2.53. The van der Waals surface area contributed by atoms with Crippen molar-refractivity contribution in [3.05, 3.63) is 53.2 Å². The van der Waals surface area contributed by atoms with Crippen LogP contribution in [0.1, 0.15) is 41.0 Å². The number of amides is 1. The molecule has 3 aromatic rings. The molecule has 3 heterocycles. The molecule has 138 valence electrons. The first-order chi connectivity index (χ1) is 13.0. The van der Waals surface area contributed by atoms with Gasteiger partial charge in [0.2, 0.25) is 0 Å². The second kappa shape index (κ2) is 5.48. The minimum Gasteiger partial charge on any atom is -0.306 e. The molecule has 2 aromatic heterocycles. The maximum absolute atomic E-state index is 14.6. The van der Waals surface area contributed by atoms with Gasteiger partial charge in [0.1, 0.15) is 5.82 Å². The summed E-state index contributed by atoms with van der Waals surface area (Å²) < 4.78 is 17.8. The van der Waals surface area contributed by atoms with Gasteiger partial charge in [0.05, 0.1) is 11.4 Å². The fourth-order valence-corrected chi connectivity index (χ4v) is 4.31. The van der Waals surface area contributed by atoms with Crippen molar-refractivity contribution in [2.75, 3.05) is 11.4 Å². The Balaban J connectivity index is 1.55. The molecular weight excluding hydrogens is 347 g/mol. The van der Waals surface area contributed by atoms with E-state index in [1.165, 1.54) is 6.07 Å². The zero-order valence-corrected chi connectivity index (χ0v) is 15.2.